The number of amides is 1. The highest BCUT2D eigenvalue weighted by Gasteiger charge is 2.47. The highest BCUT2D eigenvalue weighted by molar-refractivity contribution is 7.90. The SMILES string of the molecule is COC(=O)C(CC#CCCS(=O)c1ccc(C)cc1)(C/C=C/CC(=O)NS(=O)(=O)c1ccccc1)C(=O)OC. The number of benzene rings is 2. The quantitative estimate of drug-likeness (QED) is 0.177. The molecular weight excluding hydrogens is 542 g/mol. The number of esters is 2. The minimum absolute atomic E-state index is 0.0565. The van der Waals surface area contributed by atoms with Gasteiger partial charge in [0.2, 0.25) is 5.91 Å². The van der Waals surface area contributed by atoms with E-state index in [2.05, 4.69) is 11.8 Å². The zero-order valence-corrected chi connectivity index (χ0v) is 23.6. The molecule has 0 spiro atoms. The minimum Gasteiger partial charge on any atom is -0.468 e. The Morgan fingerprint density at radius 2 is 1.56 bits per heavy atom. The third-order valence-corrected chi connectivity index (χ3v) is 8.36. The Bertz CT molecular complexity index is 1360. The van der Waals surface area contributed by atoms with E-state index >= 15 is 0 Å². The number of sulfonamides is 1. The lowest BCUT2D eigenvalue weighted by Crippen LogP contribution is -2.40. The Morgan fingerprint density at radius 1 is 0.949 bits per heavy atom. The summed E-state index contributed by atoms with van der Waals surface area (Å²) in [5.74, 6) is 3.39. The predicted octanol–water partition coefficient (Wildman–Crippen LogP) is 3.06. The molecule has 0 saturated heterocycles. The van der Waals surface area contributed by atoms with Crippen LogP contribution in [-0.2, 0) is 44.7 Å². The number of carbonyl (C=O) groups is 3. The average Bonchev–Trinajstić information content (AvgIpc) is 2.93. The van der Waals surface area contributed by atoms with Gasteiger partial charge in [-0.15, -0.1) is 11.8 Å². The van der Waals surface area contributed by atoms with Crippen molar-refractivity contribution in [2.24, 2.45) is 5.41 Å². The largest absolute Gasteiger partial charge is 0.468 e. The van der Waals surface area contributed by atoms with Gasteiger partial charge in [-0.2, -0.15) is 0 Å². The summed E-state index contributed by atoms with van der Waals surface area (Å²) >= 11 is 0. The van der Waals surface area contributed by atoms with Gasteiger partial charge in [-0.3, -0.25) is 18.6 Å². The Kier molecular flexibility index (Phi) is 12.1. The minimum atomic E-state index is -4.02. The molecule has 0 aliphatic carbocycles. The fourth-order valence-corrected chi connectivity index (χ4v) is 5.41. The van der Waals surface area contributed by atoms with Gasteiger partial charge in [-0.05, 0) is 37.6 Å². The first-order chi connectivity index (χ1) is 18.6. The normalized spacial score (nSPS) is 12.2. The molecule has 208 valence electrons. The molecule has 0 aliphatic heterocycles. The van der Waals surface area contributed by atoms with Crippen LogP contribution in [0.5, 0.6) is 0 Å². The zero-order chi connectivity index (χ0) is 28.9. The van der Waals surface area contributed by atoms with Crippen molar-refractivity contribution in [2.75, 3.05) is 20.0 Å². The molecule has 1 amide bonds. The number of hydrogen-bond donors (Lipinski definition) is 1. The molecule has 2 aromatic carbocycles. The first-order valence-corrected chi connectivity index (χ1v) is 14.7. The molecule has 0 heterocycles. The summed E-state index contributed by atoms with van der Waals surface area (Å²) in [5.41, 5.74) is -0.736. The molecule has 0 fully saturated rings. The Hall–Kier alpha value is -3.75. The Labute approximate surface area is 231 Å². The van der Waals surface area contributed by atoms with Gasteiger partial charge in [-0.1, -0.05) is 48.0 Å². The predicted molar refractivity (Wildman–Crippen MR) is 146 cm³/mol. The van der Waals surface area contributed by atoms with Crippen molar-refractivity contribution >= 4 is 38.7 Å². The molecule has 39 heavy (non-hydrogen) atoms. The molecule has 11 heteroatoms. The number of allylic oxidation sites excluding steroid dienone is 1. The summed E-state index contributed by atoms with van der Waals surface area (Å²) in [5, 5.41) is 0. The monoisotopic (exact) mass is 573 g/mol. The molecule has 1 N–H and O–H groups in total. The van der Waals surface area contributed by atoms with Crippen LogP contribution in [0.3, 0.4) is 0 Å². The van der Waals surface area contributed by atoms with Crippen molar-refractivity contribution in [1.29, 1.82) is 0 Å². The van der Waals surface area contributed by atoms with Crippen LogP contribution in [0.2, 0.25) is 0 Å². The van der Waals surface area contributed by atoms with E-state index in [1.165, 1.54) is 36.4 Å². The maximum absolute atomic E-state index is 12.7. The molecule has 2 rings (SSSR count). The number of ether oxygens (including phenoxy) is 2. The summed E-state index contributed by atoms with van der Waals surface area (Å²) in [4.78, 5) is 38.1. The highest BCUT2D eigenvalue weighted by atomic mass is 32.2. The van der Waals surface area contributed by atoms with E-state index in [4.69, 9.17) is 9.47 Å². The lowest BCUT2D eigenvalue weighted by Gasteiger charge is -2.24. The molecule has 9 nitrogen and oxygen atoms in total. The fourth-order valence-electron chi connectivity index (χ4n) is 3.44. The van der Waals surface area contributed by atoms with Crippen LogP contribution in [0.15, 0.2) is 76.5 Å². The standard InChI is InChI=1S/C28H31NO8S2/c1-22-15-17-23(18-16-22)38(33)21-11-5-9-19-28(26(31)36-2,27(32)37-3)20-10-8-14-25(30)29-39(34,35)24-12-6-4-7-13-24/h4,6-8,10,12-13,15-18H,11,14,19-21H2,1-3H3,(H,29,30)/b10-8+. The van der Waals surface area contributed by atoms with Crippen LogP contribution in [0, 0.1) is 24.2 Å². The van der Waals surface area contributed by atoms with Crippen molar-refractivity contribution in [3.05, 3.63) is 72.3 Å². The molecular formula is C28H31NO8S2. The second-order valence-electron chi connectivity index (χ2n) is 8.43. The lowest BCUT2D eigenvalue weighted by atomic mass is 9.81. The summed E-state index contributed by atoms with van der Waals surface area (Å²) in [7, 11) is -3.01. The van der Waals surface area contributed by atoms with E-state index in [-0.39, 0.29) is 36.3 Å². The highest BCUT2D eigenvalue weighted by Crippen LogP contribution is 2.31. The van der Waals surface area contributed by atoms with E-state index in [1.807, 2.05) is 23.8 Å². The molecule has 0 radical (unpaired) electrons. The van der Waals surface area contributed by atoms with Crippen molar-refractivity contribution in [1.82, 2.24) is 4.72 Å². The molecule has 1 unspecified atom stereocenters. The fraction of sp³-hybridized carbons (Fsp3) is 0.321. The van der Waals surface area contributed by atoms with Crippen molar-refractivity contribution < 1.29 is 36.5 Å². The summed E-state index contributed by atoms with van der Waals surface area (Å²) in [6.07, 6.45) is 2.26. The Balaban J connectivity index is 2.05. The second kappa shape index (κ2) is 15.0. The molecule has 0 aromatic heterocycles. The van der Waals surface area contributed by atoms with E-state index < -0.39 is 44.1 Å². The summed E-state index contributed by atoms with van der Waals surface area (Å²) < 4.78 is 48.7. The first-order valence-electron chi connectivity index (χ1n) is 11.9. The van der Waals surface area contributed by atoms with Gasteiger partial charge in [0.25, 0.3) is 10.0 Å². The maximum atomic E-state index is 12.7. The van der Waals surface area contributed by atoms with Gasteiger partial charge in [0.1, 0.15) is 0 Å². The van der Waals surface area contributed by atoms with Crippen LogP contribution in [0.1, 0.15) is 31.2 Å². The number of rotatable bonds is 12. The van der Waals surface area contributed by atoms with Gasteiger partial charge in [0, 0.05) is 29.9 Å². The number of aryl methyl sites for hydroxylation is 1. The first kappa shape index (κ1) is 31.5. The van der Waals surface area contributed by atoms with Gasteiger partial charge < -0.3 is 9.47 Å². The van der Waals surface area contributed by atoms with Crippen LogP contribution >= 0.6 is 0 Å². The van der Waals surface area contributed by atoms with Gasteiger partial charge in [-0.25, -0.2) is 13.1 Å². The van der Waals surface area contributed by atoms with Crippen LogP contribution < -0.4 is 4.72 Å². The van der Waals surface area contributed by atoms with Crippen LogP contribution in [0.4, 0.5) is 0 Å². The summed E-state index contributed by atoms with van der Waals surface area (Å²) in [6.45, 7) is 1.94. The maximum Gasteiger partial charge on any atom is 0.324 e. The third kappa shape index (κ3) is 9.19. The molecule has 0 bridgehead atoms. The molecule has 1 atom stereocenters. The van der Waals surface area contributed by atoms with Gasteiger partial charge >= 0.3 is 11.9 Å². The van der Waals surface area contributed by atoms with Crippen molar-refractivity contribution in [3.63, 3.8) is 0 Å². The number of nitrogens with one attached hydrogen (secondary N) is 1. The second-order valence-corrected chi connectivity index (χ2v) is 11.7. The van der Waals surface area contributed by atoms with Crippen LogP contribution in [-0.4, -0.2) is 50.4 Å². The van der Waals surface area contributed by atoms with Gasteiger partial charge in [0.15, 0.2) is 5.41 Å². The number of carbonyl (C=O) groups excluding carboxylic acids is 3. The van der Waals surface area contributed by atoms with E-state index in [1.54, 1.807) is 18.2 Å². The van der Waals surface area contributed by atoms with E-state index in [0.717, 1.165) is 19.8 Å². The Morgan fingerprint density at radius 3 is 2.15 bits per heavy atom. The zero-order valence-electron chi connectivity index (χ0n) is 22.0. The van der Waals surface area contributed by atoms with Gasteiger partial charge in [0.05, 0.1) is 29.9 Å². The van der Waals surface area contributed by atoms with Crippen molar-refractivity contribution in [2.45, 2.75) is 42.4 Å². The van der Waals surface area contributed by atoms with Crippen LogP contribution in [0.25, 0.3) is 0 Å². The third-order valence-electron chi connectivity index (χ3n) is 5.60. The average molecular weight is 574 g/mol. The smallest absolute Gasteiger partial charge is 0.324 e. The molecule has 0 aliphatic rings. The molecule has 0 saturated carbocycles. The molecule has 2 aromatic rings. The number of hydrogen-bond acceptors (Lipinski definition) is 8. The van der Waals surface area contributed by atoms with Crippen molar-refractivity contribution in [3.8, 4) is 11.8 Å². The lowest BCUT2D eigenvalue weighted by molar-refractivity contribution is -0.168. The van der Waals surface area contributed by atoms with E-state index in [9.17, 15) is 27.0 Å². The summed E-state index contributed by atoms with van der Waals surface area (Å²) in [6, 6.07) is 14.8. The number of methoxy groups -OCH3 is 2. The topological polar surface area (TPSA) is 133 Å². The van der Waals surface area contributed by atoms with E-state index in [0.29, 0.717) is 4.90 Å².